The first-order chi connectivity index (χ1) is 24.3. The molecule has 0 aliphatic carbocycles. The fourth-order valence-electron chi connectivity index (χ4n) is 7.13. The molecule has 1 amide bonds. The number of carbonyl (C=O) groups excluding carboxylic acids is 1. The van der Waals surface area contributed by atoms with Crippen LogP contribution >= 0.6 is 0 Å². The minimum atomic E-state index is -0.478. The first kappa shape index (κ1) is 33.0. The molecular formula is C38H40N8O4. The Kier molecular flexibility index (Phi) is 9.32. The average molecular weight is 673 g/mol. The second kappa shape index (κ2) is 14.1. The van der Waals surface area contributed by atoms with Crippen LogP contribution in [0.15, 0.2) is 71.5 Å². The Bertz CT molecular complexity index is 2140. The van der Waals surface area contributed by atoms with Crippen LogP contribution in [0, 0.1) is 25.2 Å². The molecular weight excluding hydrogens is 632 g/mol. The number of amides is 1. The van der Waals surface area contributed by atoms with Gasteiger partial charge >= 0.3 is 12.1 Å². The molecule has 7 rings (SSSR count). The second-order valence-corrected chi connectivity index (χ2v) is 13.1. The van der Waals surface area contributed by atoms with Crippen molar-refractivity contribution < 1.29 is 14.3 Å². The molecule has 12 nitrogen and oxygen atoms in total. The molecule has 4 heterocycles. The van der Waals surface area contributed by atoms with Crippen LogP contribution in [0.2, 0.25) is 0 Å². The summed E-state index contributed by atoms with van der Waals surface area (Å²) >= 11 is 0. The molecule has 0 spiro atoms. The molecule has 0 N–H and O–H groups in total. The number of ether oxygens (including phenoxy) is 2. The SMILES string of the molecule is Cc1cccc2cccc(-n3c(C)nc4c(N5CCN(C(=O)OCc6ccccc6)C(CC#N)C5)nc(OCC5CCCN5C)nc4c3=O)c12. The Hall–Kier alpha value is -5.54. The number of nitriles is 1. The summed E-state index contributed by atoms with van der Waals surface area (Å²) in [5.41, 5.74) is 2.81. The molecule has 0 radical (unpaired) electrons. The quantitative estimate of drug-likeness (QED) is 0.218. The van der Waals surface area contributed by atoms with Crippen molar-refractivity contribution in [3.63, 3.8) is 0 Å². The van der Waals surface area contributed by atoms with Crippen LogP contribution in [0.5, 0.6) is 6.01 Å². The van der Waals surface area contributed by atoms with Gasteiger partial charge < -0.3 is 24.2 Å². The molecule has 2 saturated heterocycles. The van der Waals surface area contributed by atoms with E-state index in [0.717, 1.165) is 47.0 Å². The third-order valence-corrected chi connectivity index (χ3v) is 9.81. The maximum atomic E-state index is 14.5. The predicted molar refractivity (Wildman–Crippen MR) is 191 cm³/mol. The number of benzene rings is 3. The van der Waals surface area contributed by atoms with E-state index in [0.29, 0.717) is 36.9 Å². The normalized spacial score (nSPS) is 18.0. The zero-order chi connectivity index (χ0) is 34.8. The predicted octanol–water partition coefficient (Wildman–Crippen LogP) is 5.16. The summed E-state index contributed by atoms with van der Waals surface area (Å²) in [5, 5.41) is 11.7. The number of rotatable bonds is 8. The third-order valence-electron chi connectivity index (χ3n) is 9.81. The fourth-order valence-corrected chi connectivity index (χ4v) is 7.13. The van der Waals surface area contributed by atoms with Crippen molar-refractivity contribution in [2.45, 2.75) is 51.8 Å². The minimum Gasteiger partial charge on any atom is -0.462 e. The molecule has 2 unspecified atom stereocenters. The average Bonchev–Trinajstić information content (AvgIpc) is 3.54. The highest BCUT2D eigenvalue weighted by atomic mass is 16.6. The Morgan fingerprint density at radius 1 is 0.940 bits per heavy atom. The van der Waals surface area contributed by atoms with Gasteiger partial charge in [-0.1, -0.05) is 60.7 Å². The van der Waals surface area contributed by atoms with Crippen molar-refractivity contribution >= 4 is 33.7 Å². The lowest BCUT2D eigenvalue weighted by Crippen LogP contribution is -2.55. The second-order valence-electron chi connectivity index (χ2n) is 13.1. The highest BCUT2D eigenvalue weighted by Gasteiger charge is 2.34. The number of likely N-dealkylation sites (tertiary alicyclic amines) is 1. The van der Waals surface area contributed by atoms with Crippen LogP contribution < -0.4 is 15.2 Å². The molecule has 2 aromatic heterocycles. The van der Waals surface area contributed by atoms with Gasteiger partial charge in [0, 0.05) is 31.1 Å². The van der Waals surface area contributed by atoms with Crippen LogP contribution in [-0.2, 0) is 11.3 Å². The van der Waals surface area contributed by atoms with E-state index in [4.69, 9.17) is 19.4 Å². The lowest BCUT2D eigenvalue weighted by atomic mass is 10.0. The van der Waals surface area contributed by atoms with Crippen molar-refractivity contribution in [1.29, 1.82) is 5.26 Å². The van der Waals surface area contributed by atoms with Crippen molar-refractivity contribution in [1.82, 2.24) is 29.3 Å². The van der Waals surface area contributed by atoms with Gasteiger partial charge in [-0.2, -0.15) is 15.2 Å². The molecule has 12 heteroatoms. The standard InChI is InChI=1S/C38H40N8O4/c1-25-10-7-13-28-14-8-16-31(32(25)28)46-26(2)40-33-34(36(46)47)41-37(49-24-30-15-9-19-43(30)3)42-35(33)44-20-21-45(29(22-44)17-18-39)38(48)50-23-27-11-5-4-6-12-27/h4-8,10-14,16,29-30H,9,15,17,19-24H2,1-3H3. The van der Waals surface area contributed by atoms with Crippen molar-refractivity contribution in [2.75, 3.05) is 44.7 Å². The molecule has 0 saturated carbocycles. The topological polar surface area (TPSA) is 130 Å². The van der Waals surface area contributed by atoms with E-state index < -0.39 is 12.1 Å². The molecule has 3 aromatic carbocycles. The van der Waals surface area contributed by atoms with Crippen molar-refractivity contribution in [3.8, 4) is 17.8 Å². The number of nitrogens with zero attached hydrogens (tertiary/aromatic N) is 8. The van der Waals surface area contributed by atoms with Gasteiger partial charge in [-0.15, -0.1) is 0 Å². The summed E-state index contributed by atoms with van der Waals surface area (Å²) in [6, 6.07) is 23.5. The van der Waals surface area contributed by atoms with Crippen LogP contribution in [0.25, 0.3) is 27.5 Å². The van der Waals surface area contributed by atoms with Gasteiger partial charge in [-0.05, 0) is 62.9 Å². The number of anilines is 1. The summed E-state index contributed by atoms with van der Waals surface area (Å²) in [7, 11) is 2.07. The lowest BCUT2D eigenvalue weighted by Gasteiger charge is -2.40. The van der Waals surface area contributed by atoms with Crippen LogP contribution in [0.1, 0.15) is 36.2 Å². The molecule has 256 valence electrons. The van der Waals surface area contributed by atoms with Crippen LogP contribution in [0.3, 0.4) is 0 Å². The first-order valence-corrected chi connectivity index (χ1v) is 17.0. The summed E-state index contributed by atoms with van der Waals surface area (Å²) < 4.78 is 13.5. The van der Waals surface area contributed by atoms with Gasteiger partial charge in [0.25, 0.3) is 5.56 Å². The van der Waals surface area contributed by atoms with Crippen molar-refractivity contribution in [3.05, 3.63) is 94.0 Å². The van der Waals surface area contributed by atoms with Gasteiger partial charge in [-0.3, -0.25) is 9.36 Å². The van der Waals surface area contributed by atoms with Gasteiger partial charge in [0.05, 0.1) is 24.2 Å². The van der Waals surface area contributed by atoms with E-state index in [1.807, 2.05) is 78.6 Å². The molecule has 2 fully saturated rings. The zero-order valence-electron chi connectivity index (χ0n) is 28.6. The third kappa shape index (κ3) is 6.44. The number of likely N-dealkylation sites (N-methyl/N-ethyl adjacent to an activating group) is 1. The molecule has 2 atom stereocenters. The number of fused-ring (bicyclic) bond motifs is 2. The molecule has 2 aliphatic rings. The van der Waals surface area contributed by atoms with Gasteiger partial charge in [-0.25, -0.2) is 9.78 Å². The number of aryl methyl sites for hydroxylation is 2. The highest BCUT2D eigenvalue weighted by molar-refractivity contribution is 5.94. The largest absolute Gasteiger partial charge is 0.462 e. The lowest BCUT2D eigenvalue weighted by molar-refractivity contribution is 0.0768. The Labute approximate surface area is 290 Å². The molecule has 2 aliphatic heterocycles. The Balaban J connectivity index is 1.27. The highest BCUT2D eigenvalue weighted by Crippen LogP contribution is 2.30. The molecule has 5 aromatic rings. The van der Waals surface area contributed by atoms with E-state index in [-0.39, 0.29) is 42.7 Å². The fraction of sp³-hybridized carbons (Fsp3) is 0.368. The number of carbonyl (C=O) groups is 1. The molecule has 50 heavy (non-hydrogen) atoms. The monoisotopic (exact) mass is 672 g/mol. The summed E-state index contributed by atoms with van der Waals surface area (Å²) in [5.74, 6) is 0.924. The summed E-state index contributed by atoms with van der Waals surface area (Å²) in [6.07, 6.45) is 1.71. The number of hydrogen-bond acceptors (Lipinski definition) is 10. The van der Waals surface area contributed by atoms with E-state index in [2.05, 4.69) is 23.0 Å². The smallest absolute Gasteiger partial charge is 0.410 e. The maximum Gasteiger partial charge on any atom is 0.410 e. The van der Waals surface area contributed by atoms with Crippen LogP contribution in [-0.4, -0.2) is 87.3 Å². The number of hydrogen-bond donors (Lipinski definition) is 0. The van der Waals surface area contributed by atoms with E-state index >= 15 is 0 Å². The summed E-state index contributed by atoms with van der Waals surface area (Å²) in [6.45, 7) is 6.31. The number of aromatic nitrogens is 4. The van der Waals surface area contributed by atoms with Crippen molar-refractivity contribution in [2.24, 2.45) is 0 Å². The maximum absolute atomic E-state index is 14.5. The first-order valence-electron chi connectivity index (χ1n) is 17.0. The summed E-state index contributed by atoms with van der Waals surface area (Å²) in [4.78, 5) is 48.1. The van der Waals surface area contributed by atoms with Gasteiger partial charge in [0.1, 0.15) is 24.6 Å². The van der Waals surface area contributed by atoms with E-state index in [1.165, 1.54) is 0 Å². The van der Waals surface area contributed by atoms with E-state index in [9.17, 15) is 14.9 Å². The minimum absolute atomic E-state index is 0.0943. The van der Waals surface area contributed by atoms with E-state index in [1.54, 1.807) is 16.4 Å². The Morgan fingerprint density at radius 3 is 2.50 bits per heavy atom. The van der Waals surface area contributed by atoms with Crippen LogP contribution in [0.4, 0.5) is 10.6 Å². The Morgan fingerprint density at radius 2 is 1.74 bits per heavy atom. The molecule has 0 bridgehead atoms. The zero-order valence-corrected chi connectivity index (χ0v) is 28.6. The van der Waals surface area contributed by atoms with Gasteiger partial charge in [0.15, 0.2) is 11.3 Å². The number of piperazine rings is 1. The van der Waals surface area contributed by atoms with Gasteiger partial charge in [0.2, 0.25) is 0 Å².